The Bertz CT molecular complexity index is 986. The van der Waals surface area contributed by atoms with E-state index in [0.29, 0.717) is 18.7 Å². The van der Waals surface area contributed by atoms with Crippen LogP contribution >= 0.6 is 23.2 Å². The summed E-state index contributed by atoms with van der Waals surface area (Å²) < 4.78 is 0. The molecule has 4 nitrogen and oxygen atoms in total. The van der Waals surface area contributed by atoms with E-state index in [0.717, 1.165) is 34.0 Å². The fraction of sp³-hybridized carbons (Fsp3) is 0.333. The second kappa shape index (κ2) is 7.93. The van der Waals surface area contributed by atoms with Crippen molar-refractivity contribution in [2.75, 3.05) is 0 Å². The molecule has 2 aliphatic heterocycles. The van der Waals surface area contributed by atoms with Crippen LogP contribution in [0.3, 0.4) is 0 Å². The molecule has 1 aromatic heterocycles. The monoisotopic (exact) mass is 439 g/mol. The molecular formula is C24H23Cl2N3O. The van der Waals surface area contributed by atoms with Gasteiger partial charge in [-0.2, -0.15) is 0 Å². The number of aromatic nitrogens is 2. The third-order valence-electron chi connectivity index (χ3n) is 6.50. The van der Waals surface area contributed by atoms with Gasteiger partial charge < -0.3 is 5.11 Å². The highest BCUT2D eigenvalue weighted by Gasteiger charge is 2.52. The second-order valence-corrected chi connectivity index (χ2v) is 9.10. The zero-order valence-electron chi connectivity index (χ0n) is 16.5. The van der Waals surface area contributed by atoms with Crippen molar-refractivity contribution in [3.63, 3.8) is 0 Å². The van der Waals surface area contributed by atoms with Gasteiger partial charge in [0.2, 0.25) is 0 Å². The summed E-state index contributed by atoms with van der Waals surface area (Å²) in [5.41, 5.74) is 1.09. The maximum Gasteiger partial charge on any atom is 0.160 e. The molecule has 0 spiro atoms. The minimum Gasteiger partial charge on any atom is -0.382 e. The molecule has 2 bridgehead atoms. The minimum absolute atomic E-state index is 0.0638. The van der Waals surface area contributed by atoms with Crippen LogP contribution in [0.25, 0.3) is 0 Å². The minimum atomic E-state index is -1.00. The molecular weight excluding hydrogens is 417 g/mol. The van der Waals surface area contributed by atoms with E-state index in [4.69, 9.17) is 23.2 Å². The largest absolute Gasteiger partial charge is 0.382 e. The molecule has 3 heterocycles. The average molecular weight is 440 g/mol. The summed E-state index contributed by atoms with van der Waals surface area (Å²) in [5.74, 6) is 0.522. The molecule has 0 radical (unpaired) electrons. The summed E-state index contributed by atoms with van der Waals surface area (Å²) in [5, 5.41) is 12.9. The fourth-order valence-corrected chi connectivity index (χ4v) is 5.76. The first kappa shape index (κ1) is 20.0. The van der Waals surface area contributed by atoms with E-state index in [-0.39, 0.29) is 18.1 Å². The van der Waals surface area contributed by atoms with Crippen LogP contribution in [0.15, 0.2) is 67.0 Å². The molecule has 0 saturated carbocycles. The van der Waals surface area contributed by atoms with Crippen molar-refractivity contribution in [2.45, 2.75) is 49.4 Å². The molecule has 2 aromatic carbocycles. The molecule has 2 aliphatic rings. The summed E-state index contributed by atoms with van der Waals surface area (Å²) >= 11 is 13.3. The third kappa shape index (κ3) is 3.42. The van der Waals surface area contributed by atoms with Crippen molar-refractivity contribution in [3.8, 4) is 0 Å². The van der Waals surface area contributed by atoms with Gasteiger partial charge in [-0.05, 0) is 55.0 Å². The summed E-state index contributed by atoms with van der Waals surface area (Å²) in [7, 11) is 0. The summed E-state index contributed by atoms with van der Waals surface area (Å²) in [4.78, 5) is 11.2. The predicted octanol–water partition coefficient (Wildman–Crippen LogP) is 5.39. The van der Waals surface area contributed by atoms with Crippen LogP contribution in [0.2, 0.25) is 10.0 Å². The highest BCUT2D eigenvalue weighted by molar-refractivity contribution is 6.32. The van der Waals surface area contributed by atoms with Gasteiger partial charge in [0.25, 0.3) is 0 Å². The molecule has 3 aromatic rings. The van der Waals surface area contributed by atoms with Crippen LogP contribution in [0.4, 0.5) is 0 Å². The van der Waals surface area contributed by atoms with Crippen molar-refractivity contribution in [2.24, 2.45) is 0 Å². The van der Waals surface area contributed by atoms with Crippen molar-refractivity contribution in [1.29, 1.82) is 0 Å². The molecule has 2 saturated heterocycles. The van der Waals surface area contributed by atoms with Crippen LogP contribution < -0.4 is 0 Å². The molecule has 0 unspecified atom stereocenters. The summed E-state index contributed by atoms with van der Waals surface area (Å²) in [6.45, 7) is 0. The number of halogens is 2. The Kier molecular flexibility index (Phi) is 5.28. The lowest BCUT2D eigenvalue weighted by molar-refractivity contribution is -0.0713. The van der Waals surface area contributed by atoms with Crippen molar-refractivity contribution >= 4 is 23.2 Å². The summed E-state index contributed by atoms with van der Waals surface area (Å²) in [6, 6.07) is 18.1. The van der Waals surface area contributed by atoms with E-state index in [9.17, 15) is 5.11 Å². The Balaban J connectivity index is 1.57. The number of nitrogens with zero attached hydrogens (tertiary/aromatic N) is 3. The maximum absolute atomic E-state index is 11.5. The smallest absolute Gasteiger partial charge is 0.160 e. The van der Waals surface area contributed by atoms with E-state index >= 15 is 0 Å². The van der Waals surface area contributed by atoms with Crippen LogP contribution in [-0.2, 0) is 5.60 Å². The topological polar surface area (TPSA) is 49.3 Å². The number of fused-ring (bicyclic) bond motifs is 2. The lowest BCUT2D eigenvalue weighted by Gasteiger charge is -2.47. The Morgan fingerprint density at radius 2 is 1.33 bits per heavy atom. The normalized spacial score (nSPS) is 26.3. The first-order chi connectivity index (χ1) is 14.6. The van der Waals surface area contributed by atoms with Crippen molar-refractivity contribution < 1.29 is 5.11 Å². The van der Waals surface area contributed by atoms with Gasteiger partial charge in [-0.3, -0.25) is 4.90 Å². The molecule has 1 N–H and O–H groups in total. The zero-order chi connectivity index (χ0) is 20.7. The van der Waals surface area contributed by atoms with Crippen LogP contribution in [-0.4, -0.2) is 32.1 Å². The molecule has 6 heteroatoms. The van der Waals surface area contributed by atoms with Gasteiger partial charge >= 0.3 is 0 Å². The third-order valence-corrected chi connectivity index (χ3v) is 7.19. The van der Waals surface area contributed by atoms with Gasteiger partial charge in [0.05, 0.1) is 6.04 Å². The fourth-order valence-electron chi connectivity index (χ4n) is 5.28. The Morgan fingerprint density at radius 1 is 0.833 bits per heavy atom. The SMILES string of the molecule is O[C@]1(c2ncccn2)C[C@H]2CC[C@@H](C1)N2C(c1ccccc1Cl)c1ccccc1Cl. The van der Waals surface area contributed by atoms with Crippen molar-refractivity contribution in [1.82, 2.24) is 14.9 Å². The Morgan fingerprint density at radius 3 is 1.83 bits per heavy atom. The molecule has 30 heavy (non-hydrogen) atoms. The van der Waals surface area contributed by atoms with Crippen LogP contribution in [0, 0.1) is 0 Å². The van der Waals surface area contributed by atoms with E-state index in [1.165, 1.54) is 0 Å². The lowest BCUT2D eigenvalue weighted by atomic mass is 9.82. The zero-order valence-corrected chi connectivity index (χ0v) is 18.0. The maximum atomic E-state index is 11.5. The van der Waals surface area contributed by atoms with Crippen molar-refractivity contribution in [3.05, 3.63) is 94.0 Å². The highest BCUT2D eigenvalue weighted by atomic mass is 35.5. The van der Waals surface area contributed by atoms with Gasteiger partial charge in [0.15, 0.2) is 5.82 Å². The number of benzene rings is 2. The number of rotatable bonds is 4. The number of aliphatic hydroxyl groups is 1. The Labute approximate surface area is 186 Å². The highest BCUT2D eigenvalue weighted by Crippen LogP contribution is 2.51. The molecule has 0 aliphatic carbocycles. The van der Waals surface area contributed by atoms with Gasteiger partial charge in [-0.15, -0.1) is 0 Å². The van der Waals surface area contributed by atoms with E-state index in [1.807, 2.05) is 36.4 Å². The first-order valence-electron chi connectivity index (χ1n) is 10.3. The van der Waals surface area contributed by atoms with Gasteiger partial charge in [0, 0.05) is 34.5 Å². The average Bonchev–Trinajstić information content (AvgIpc) is 3.02. The standard InChI is InChI=1S/C24H23Cl2N3O/c25-20-8-3-1-6-18(20)22(19-7-2-4-9-21(19)26)29-16-10-11-17(29)15-24(30,14-16)23-27-12-5-13-28-23/h1-9,12-13,16-17,22,30H,10-11,14-15H2/t16-,17+,24-. The quantitative estimate of drug-likeness (QED) is 0.591. The molecule has 3 atom stereocenters. The number of hydrogen-bond acceptors (Lipinski definition) is 4. The molecule has 0 amide bonds. The first-order valence-corrected chi connectivity index (χ1v) is 11.1. The van der Waals surface area contributed by atoms with Crippen LogP contribution in [0.1, 0.15) is 48.7 Å². The summed E-state index contributed by atoms with van der Waals surface area (Å²) in [6.07, 6.45) is 6.63. The van der Waals surface area contributed by atoms with Gasteiger partial charge in [-0.1, -0.05) is 59.6 Å². The van der Waals surface area contributed by atoms with Crippen LogP contribution in [0.5, 0.6) is 0 Å². The number of piperidine rings is 1. The lowest BCUT2D eigenvalue weighted by Crippen LogP contribution is -2.51. The van der Waals surface area contributed by atoms with Gasteiger partial charge in [-0.25, -0.2) is 9.97 Å². The predicted molar refractivity (Wildman–Crippen MR) is 119 cm³/mol. The van der Waals surface area contributed by atoms with E-state index in [2.05, 4.69) is 27.0 Å². The molecule has 5 rings (SSSR count). The number of hydrogen-bond donors (Lipinski definition) is 1. The van der Waals surface area contributed by atoms with E-state index in [1.54, 1.807) is 18.5 Å². The second-order valence-electron chi connectivity index (χ2n) is 8.29. The molecule has 2 fully saturated rings. The Hall–Kier alpha value is -1.98. The van der Waals surface area contributed by atoms with Gasteiger partial charge in [0.1, 0.15) is 5.60 Å². The van der Waals surface area contributed by atoms with E-state index < -0.39 is 5.60 Å². The molecule has 154 valence electrons.